The molecule has 3 nitrogen and oxygen atoms in total. The van der Waals surface area contributed by atoms with Crippen LogP contribution in [0.5, 0.6) is 0 Å². The van der Waals surface area contributed by atoms with Crippen molar-refractivity contribution in [1.82, 2.24) is 0 Å². The maximum atomic E-state index is 12.4. The summed E-state index contributed by atoms with van der Waals surface area (Å²) in [6, 6.07) is 3.26. The second-order valence-electron chi connectivity index (χ2n) is 5.49. The van der Waals surface area contributed by atoms with Crippen molar-refractivity contribution in [2.75, 3.05) is 0 Å². The van der Waals surface area contributed by atoms with Crippen LogP contribution in [-0.4, -0.2) is 10.2 Å². The summed E-state index contributed by atoms with van der Waals surface area (Å²) >= 11 is 24.2. The quantitative estimate of drug-likeness (QED) is 0.326. The van der Waals surface area contributed by atoms with Gasteiger partial charge in [-0.3, -0.25) is 4.79 Å². The van der Waals surface area contributed by atoms with Crippen LogP contribution in [0, 0.1) is 12.8 Å². The standard InChI is InChI=1S/C15H16Cl4N2O/c1-9-7-11(16)8-12(17)13(9)20-21-15(18,19)14(22)10-5-3-2-4-6-10/h7-8,10H,2-6H2,1H3. The second-order valence-corrected chi connectivity index (χ2v) is 7.62. The van der Waals surface area contributed by atoms with Gasteiger partial charge in [-0.05, 0) is 37.5 Å². The minimum Gasteiger partial charge on any atom is -0.294 e. The third-order valence-corrected chi connectivity index (χ3v) is 4.80. The summed E-state index contributed by atoms with van der Waals surface area (Å²) < 4.78 is -1.88. The molecule has 0 radical (unpaired) electrons. The first-order valence-corrected chi connectivity index (χ1v) is 8.63. The maximum Gasteiger partial charge on any atom is 0.286 e. The molecular weight excluding hydrogens is 366 g/mol. The molecule has 1 aromatic carbocycles. The highest BCUT2D eigenvalue weighted by atomic mass is 35.5. The van der Waals surface area contributed by atoms with E-state index in [0.29, 0.717) is 15.7 Å². The Labute approximate surface area is 150 Å². The largest absolute Gasteiger partial charge is 0.294 e. The number of rotatable bonds is 4. The Morgan fingerprint density at radius 2 is 1.82 bits per heavy atom. The molecule has 0 aromatic heterocycles. The number of ketones is 1. The minimum absolute atomic E-state index is 0.149. The lowest BCUT2D eigenvalue weighted by molar-refractivity contribution is -0.124. The summed E-state index contributed by atoms with van der Waals surface area (Å²) in [5, 5.41) is 8.65. The summed E-state index contributed by atoms with van der Waals surface area (Å²) in [5.41, 5.74) is 1.14. The molecule has 1 aliphatic rings. The van der Waals surface area contributed by atoms with Gasteiger partial charge in [0, 0.05) is 10.9 Å². The number of azo groups is 1. The molecule has 1 aromatic rings. The van der Waals surface area contributed by atoms with Gasteiger partial charge in [-0.1, -0.05) is 65.7 Å². The van der Waals surface area contributed by atoms with Gasteiger partial charge in [0.15, 0.2) is 5.78 Å². The van der Waals surface area contributed by atoms with Gasteiger partial charge in [0.05, 0.1) is 5.02 Å². The number of hydrogen-bond acceptors (Lipinski definition) is 3. The number of alkyl halides is 2. The Morgan fingerprint density at radius 1 is 1.18 bits per heavy atom. The van der Waals surface area contributed by atoms with Crippen LogP contribution < -0.4 is 0 Å². The molecule has 1 aliphatic carbocycles. The number of benzene rings is 1. The van der Waals surface area contributed by atoms with E-state index in [0.717, 1.165) is 37.7 Å². The summed E-state index contributed by atoms with van der Waals surface area (Å²) in [5.74, 6) is -0.438. The van der Waals surface area contributed by atoms with Gasteiger partial charge >= 0.3 is 0 Å². The third-order valence-electron chi connectivity index (χ3n) is 3.77. The molecule has 0 spiro atoms. The van der Waals surface area contributed by atoms with Crippen molar-refractivity contribution in [1.29, 1.82) is 0 Å². The molecule has 1 fully saturated rings. The predicted molar refractivity (Wildman–Crippen MR) is 91.7 cm³/mol. The average Bonchev–Trinajstić information content (AvgIpc) is 2.46. The summed E-state index contributed by atoms with van der Waals surface area (Å²) in [6.45, 7) is 1.79. The van der Waals surface area contributed by atoms with Crippen molar-refractivity contribution < 1.29 is 4.79 Å². The van der Waals surface area contributed by atoms with Crippen LogP contribution in [0.4, 0.5) is 5.69 Å². The number of halogens is 4. The molecule has 22 heavy (non-hydrogen) atoms. The number of carbonyl (C=O) groups excluding carboxylic acids is 1. The van der Waals surface area contributed by atoms with Crippen molar-refractivity contribution in [2.45, 2.75) is 43.5 Å². The normalized spacial score (nSPS) is 17.1. The zero-order valence-electron chi connectivity index (χ0n) is 12.1. The molecule has 0 aliphatic heterocycles. The van der Waals surface area contributed by atoms with Crippen molar-refractivity contribution in [2.24, 2.45) is 16.1 Å². The van der Waals surface area contributed by atoms with Crippen molar-refractivity contribution >= 4 is 57.9 Å². The third kappa shape index (κ3) is 4.35. The fraction of sp³-hybridized carbons (Fsp3) is 0.533. The molecule has 0 saturated heterocycles. The molecule has 0 N–H and O–H groups in total. The van der Waals surface area contributed by atoms with E-state index in [9.17, 15) is 4.79 Å². The van der Waals surface area contributed by atoms with E-state index >= 15 is 0 Å². The van der Waals surface area contributed by atoms with Crippen molar-refractivity contribution in [3.63, 3.8) is 0 Å². The van der Waals surface area contributed by atoms with E-state index in [1.165, 1.54) is 0 Å². The Balaban J connectivity index is 2.18. The molecule has 1 saturated carbocycles. The monoisotopic (exact) mass is 380 g/mol. The van der Waals surface area contributed by atoms with E-state index in [2.05, 4.69) is 10.2 Å². The molecule has 0 heterocycles. The van der Waals surface area contributed by atoms with Crippen LogP contribution in [-0.2, 0) is 4.79 Å². The van der Waals surface area contributed by atoms with Gasteiger partial charge in [0.2, 0.25) is 0 Å². The van der Waals surface area contributed by atoms with Gasteiger partial charge in [-0.2, -0.15) is 5.11 Å². The van der Waals surface area contributed by atoms with Crippen LogP contribution in [0.25, 0.3) is 0 Å². The van der Waals surface area contributed by atoms with Crippen LogP contribution in [0.1, 0.15) is 37.7 Å². The Kier molecular flexibility index (Phi) is 6.12. The van der Waals surface area contributed by atoms with Crippen molar-refractivity contribution in [3.05, 3.63) is 27.7 Å². The molecule has 2 rings (SSSR count). The Hall–Kier alpha value is -0.350. The lowest BCUT2D eigenvalue weighted by atomic mass is 9.86. The van der Waals surface area contributed by atoms with E-state index in [1.54, 1.807) is 19.1 Å². The summed E-state index contributed by atoms with van der Waals surface area (Å²) in [6.07, 6.45) is 4.77. The van der Waals surface area contributed by atoms with Gasteiger partial charge in [0.1, 0.15) is 5.69 Å². The second kappa shape index (κ2) is 7.48. The van der Waals surface area contributed by atoms with Crippen LogP contribution in [0.15, 0.2) is 22.4 Å². The minimum atomic E-state index is -1.88. The zero-order chi connectivity index (χ0) is 16.3. The highest BCUT2D eigenvalue weighted by molar-refractivity contribution is 6.58. The highest BCUT2D eigenvalue weighted by Crippen LogP contribution is 2.37. The van der Waals surface area contributed by atoms with Gasteiger partial charge in [0.25, 0.3) is 4.46 Å². The van der Waals surface area contributed by atoms with E-state index in [1.807, 2.05) is 0 Å². The molecule has 7 heteroatoms. The van der Waals surface area contributed by atoms with E-state index in [-0.39, 0.29) is 11.7 Å². The van der Waals surface area contributed by atoms with Crippen LogP contribution in [0.3, 0.4) is 0 Å². The molecule has 0 atom stereocenters. The average molecular weight is 382 g/mol. The Bertz CT molecular complexity index is 572. The van der Waals surface area contributed by atoms with E-state index in [4.69, 9.17) is 46.4 Å². The first kappa shape index (κ1) is 18.0. The lowest BCUT2D eigenvalue weighted by Gasteiger charge is -2.24. The summed E-state index contributed by atoms with van der Waals surface area (Å²) in [4.78, 5) is 12.4. The lowest BCUT2D eigenvalue weighted by Crippen LogP contribution is -2.31. The number of Topliss-reactive ketones (excluding diaryl/α,β-unsaturated/α-hetero) is 1. The molecule has 0 amide bonds. The number of nitrogens with zero attached hydrogens (tertiary/aromatic N) is 2. The summed E-state index contributed by atoms with van der Waals surface area (Å²) in [7, 11) is 0. The molecule has 0 bridgehead atoms. The van der Waals surface area contributed by atoms with Crippen molar-refractivity contribution in [3.8, 4) is 0 Å². The molecule has 0 unspecified atom stereocenters. The number of aryl methyl sites for hydroxylation is 1. The highest BCUT2D eigenvalue weighted by Gasteiger charge is 2.39. The first-order valence-electron chi connectivity index (χ1n) is 7.12. The van der Waals surface area contributed by atoms with Gasteiger partial charge < -0.3 is 0 Å². The topological polar surface area (TPSA) is 41.8 Å². The zero-order valence-corrected chi connectivity index (χ0v) is 15.1. The van der Waals surface area contributed by atoms with Crippen LogP contribution in [0.2, 0.25) is 10.0 Å². The van der Waals surface area contributed by atoms with Crippen LogP contribution >= 0.6 is 46.4 Å². The molecule has 120 valence electrons. The first-order chi connectivity index (χ1) is 10.3. The smallest absolute Gasteiger partial charge is 0.286 e. The predicted octanol–water partition coefficient (Wildman–Crippen LogP) is 6.67. The molecular formula is C15H16Cl4N2O. The fourth-order valence-electron chi connectivity index (χ4n) is 2.59. The number of hydrogen-bond donors (Lipinski definition) is 0. The van der Waals surface area contributed by atoms with Gasteiger partial charge in [-0.15, -0.1) is 5.11 Å². The number of carbonyl (C=O) groups is 1. The SMILES string of the molecule is Cc1cc(Cl)cc(Cl)c1N=NC(Cl)(Cl)C(=O)C1CCCCC1. The maximum absolute atomic E-state index is 12.4. The Morgan fingerprint density at radius 3 is 2.41 bits per heavy atom. The van der Waals surface area contributed by atoms with E-state index < -0.39 is 4.46 Å². The fourth-order valence-corrected chi connectivity index (χ4v) is 3.61. The van der Waals surface area contributed by atoms with Gasteiger partial charge in [-0.25, -0.2) is 0 Å².